The fourth-order valence-electron chi connectivity index (χ4n) is 4.58. The molecular formula is C18H36N2O. The molecule has 6 atom stereocenters. The molecule has 1 saturated heterocycles. The first-order valence-electron chi connectivity index (χ1n) is 9.03. The van der Waals surface area contributed by atoms with E-state index in [1.54, 1.807) is 0 Å². The van der Waals surface area contributed by atoms with Crippen LogP contribution >= 0.6 is 0 Å². The molecule has 0 amide bonds. The van der Waals surface area contributed by atoms with Crippen molar-refractivity contribution in [2.75, 3.05) is 33.3 Å². The highest BCUT2D eigenvalue weighted by Gasteiger charge is 2.36. The minimum Gasteiger partial charge on any atom is -0.380 e. The van der Waals surface area contributed by atoms with Crippen molar-refractivity contribution in [1.29, 1.82) is 0 Å². The predicted molar refractivity (Wildman–Crippen MR) is 89.5 cm³/mol. The summed E-state index contributed by atoms with van der Waals surface area (Å²) in [5, 5.41) is 3.76. The summed E-state index contributed by atoms with van der Waals surface area (Å²) in [7, 11) is 1.87. The number of hydrogen-bond acceptors (Lipinski definition) is 3. The van der Waals surface area contributed by atoms with Crippen LogP contribution in [-0.2, 0) is 4.74 Å². The first-order chi connectivity index (χ1) is 10.0. The van der Waals surface area contributed by atoms with Crippen LogP contribution in [0.2, 0.25) is 0 Å². The quantitative estimate of drug-likeness (QED) is 0.844. The monoisotopic (exact) mass is 296 g/mol. The summed E-state index contributed by atoms with van der Waals surface area (Å²) in [6, 6.07) is 0.703. The Labute approximate surface area is 131 Å². The van der Waals surface area contributed by atoms with Gasteiger partial charge in [0.25, 0.3) is 0 Å². The lowest BCUT2D eigenvalue weighted by atomic mass is 9.72. The molecule has 0 aromatic carbocycles. The molecule has 6 unspecified atom stereocenters. The number of piperidine rings is 1. The summed E-state index contributed by atoms with van der Waals surface area (Å²) < 4.78 is 5.68. The van der Waals surface area contributed by atoms with Crippen molar-refractivity contribution in [3.8, 4) is 0 Å². The fourth-order valence-corrected chi connectivity index (χ4v) is 4.58. The highest BCUT2D eigenvalue weighted by Crippen LogP contribution is 2.35. The van der Waals surface area contributed by atoms with Crippen LogP contribution in [0.3, 0.4) is 0 Å². The Kier molecular flexibility index (Phi) is 6.51. The molecule has 0 spiro atoms. The van der Waals surface area contributed by atoms with Crippen LogP contribution in [0.4, 0.5) is 0 Å². The number of nitrogens with zero attached hydrogens (tertiary/aromatic N) is 1. The molecule has 0 bridgehead atoms. The standard InChI is InChI=1S/C18H36N2O/c1-6-19-17-10-13(2)9-15(4)16(17)11-20-8-7-14(3)18(12-20)21-5/h13-19H,6-12H2,1-5H3. The van der Waals surface area contributed by atoms with E-state index in [9.17, 15) is 0 Å². The molecule has 1 aliphatic carbocycles. The first-order valence-corrected chi connectivity index (χ1v) is 9.03. The molecule has 21 heavy (non-hydrogen) atoms. The molecule has 2 rings (SSSR count). The Balaban J connectivity index is 1.95. The van der Waals surface area contributed by atoms with E-state index in [0.29, 0.717) is 18.1 Å². The third-order valence-electron chi connectivity index (χ3n) is 5.89. The number of rotatable bonds is 5. The molecule has 1 heterocycles. The van der Waals surface area contributed by atoms with Crippen LogP contribution in [0.15, 0.2) is 0 Å². The third-order valence-corrected chi connectivity index (χ3v) is 5.89. The number of hydrogen-bond donors (Lipinski definition) is 1. The zero-order valence-corrected chi connectivity index (χ0v) is 14.8. The molecule has 3 heteroatoms. The Hall–Kier alpha value is -0.120. The molecule has 1 aliphatic heterocycles. The van der Waals surface area contributed by atoms with Gasteiger partial charge in [0.05, 0.1) is 6.10 Å². The summed E-state index contributed by atoms with van der Waals surface area (Å²) in [4.78, 5) is 2.66. The van der Waals surface area contributed by atoms with E-state index in [0.717, 1.165) is 30.8 Å². The lowest BCUT2D eigenvalue weighted by Crippen LogP contribution is -2.52. The van der Waals surface area contributed by atoms with E-state index >= 15 is 0 Å². The third kappa shape index (κ3) is 4.43. The second-order valence-electron chi connectivity index (χ2n) is 7.68. The highest BCUT2D eigenvalue weighted by atomic mass is 16.5. The summed E-state index contributed by atoms with van der Waals surface area (Å²) >= 11 is 0. The molecule has 0 aromatic heterocycles. The van der Waals surface area contributed by atoms with Gasteiger partial charge in [-0.2, -0.15) is 0 Å². The van der Waals surface area contributed by atoms with Crippen molar-refractivity contribution in [2.45, 2.75) is 59.1 Å². The van der Waals surface area contributed by atoms with Crippen LogP contribution in [0, 0.1) is 23.7 Å². The first kappa shape index (κ1) is 17.2. The van der Waals surface area contributed by atoms with Gasteiger partial charge in [0, 0.05) is 26.2 Å². The van der Waals surface area contributed by atoms with Crippen molar-refractivity contribution in [2.24, 2.45) is 23.7 Å². The number of ether oxygens (including phenoxy) is 1. The largest absolute Gasteiger partial charge is 0.380 e. The summed E-state index contributed by atoms with van der Waals surface area (Å²) in [6.07, 6.45) is 4.45. The Morgan fingerprint density at radius 1 is 1.14 bits per heavy atom. The SMILES string of the molecule is CCNC1CC(C)CC(C)C1CN1CCC(C)C(OC)C1. The maximum atomic E-state index is 5.68. The molecule has 1 saturated carbocycles. The molecule has 0 aromatic rings. The fraction of sp³-hybridized carbons (Fsp3) is 1.00. The highest BCUT2D eigenvalue weighted by molar-refractivity contribution is 4.90. The van der Waals surface area contributed by atoms with Crippen LogP contribution in [0.1, 0.15) is 47.0 Å². The molecule has 2 fully saturated rings. The van der Waals surface area contributed by atoms with E-state index in [2.05, 4.69) is 37.9 Å². The lowest BCUT2D eigenvalue weighted by molar-refractivity contribution is -0.0180. The van der Waals surface area contributed by atoms with Gasteiger partial charge in [0.15, 0.2) is 0 Å². The van der Waals surface area contributed by atoms with Gasteiger partial charge >= 0.3 is 0 Å². The van der Waals surface area contributed by atoms with Gasteiger partial charge in [0.2, 0.25) is 0 Å². The summed E-state index contributed by atoms with van der Waals surface area (Å²) in [6.45, 7) is 14.2. The average molecular weight is 296 g/mol. The van der Waals surface area contributed by atoms with E-state index < -0.39 is 0 Å². The molecule has 1 N–H and O–H groups in total. The molecule has 3 nitrogen and oxygen atoms in total. The maximum Gasteiger partial charge on any atom is 0.0724 e. The van der Waals surface area contributed by atoms with Gasteiger partial charge in [-0.1, -0.05) is 27.7 Å². The minimum absolute atomic E-state index is 0.425. The van der Waals surface area contributed by atoms with E-state index in [1.807, 2.05) is 7.11 Å². The van der Waals surface area contributed by atoms with Gasteiger partial charge in [-0.15, -0.1) is 0 Å². The Morgan fingerprint density at radius 3 is 2.57 bits per heavy atom. The normalized spacial score (nSPS) is 42.1. The Bertz CT molecular complexity index is 310. The van der Waals surface area contributed by atoms with Crippen molar-refractivity contribution < 1.29 is 4.74 Å². The van der Waals surface area contributed by atoms with Crippen molar-refractivity contribution in [1.82, 2.24) is 10.2 Å². The van der Waals surface area contributed by atoms with Gasteiger partial charge in [-0.3, -0.25) is 0 Å². The summed E-state index contributed by atoms with van der Waals surface area (Å²) in [5.41, 5.74) is 0. The number of likely N-dealkylation sites (tertiary alicyclic amines) is 1. The average Bonchev–Trinajstić information content (AvgIpc) is 2.44. The molecule has 2 aliphatic rings. The molecular weight excluding hydrogens is 260 g/mol. The van der Waals surface area contributed by atoms with Crippen molar-refractivity contribution in [3.05, 3.63) is 0 Å². The maximum absolute atomic E-state index is 5.68. The lowest BCUT2D eigenvalue weighted by Gasteiger charge is -2.44. The topological polar surface area (TPSA) is 24.5 Å². The van der Waals surface area contributed by atoms with Crippen molar-refractivity contribution in [3.63, 3.8) is 0 Å². The van der Waals surface area contributed by atoms with Gasteiger partial charge < -0.3 is 15.0 Å². The second kappa shape index (κ2) is 7.94. The smallest absolute Gasteiger partial charge is 0.0724 e. The van der Waals surface area contributed by atoms with Gasteiger partial charge in [0.1, 0.15) is 0 Å². The Morgan fingerprint density at radius 2 is 1.90 bits per heavy atom. The van der Waals surface area contributed by atoms with Crippen LogP contribution in [-0.4, -0.2) is 50.3 Å². The number of methoxy groups -OCH3 is 1. The van der Waals surface area contributed by atoms with Crippen molar-refractivity contribution >= 4 is 0 Å². The van der Waals surface area contributed by atoms with Gasteiger partial charge in [-0.05, 0) is 56.0 Å². The second-order valence-corrected chi connectivity index (χ2v) is 7.68. The van der Waals surface area contributed by atoms with E-state index in [-0.39, 0.29) is 0 Å². The zero-order chi connectivity index (χ0) is 15.4. The zero-order valence-electron chi connectivity index (χ0n) is 14.8. The molecule has 0 radical (unpaired) electrons. The predicted octanol–water partition coefficient (Wildman–Crippen LogP) is 3.00. The number of nitrogens with one attached hydrogen (secondary N) is 1. The van der Waals surface area contributed by atoms with Gasteiger partial charge in [-0.25, -0.2) is 0 Å². The van der Waals surface area contributed by atoms with Crippen LogP contribution < -0.4 is 5.32 Å². The van der Waals surface area contributed by atoms with E-state index in [4.69, 9.17) is 4.74 Å². The van der Waals surface area contributed by atoms with Crippen LogP contribution in [0.25, 0.3) is 0 Å². The van der Waals surface area contributed by atoms with Crippen LogP contribution in [0.5, 0.6) is 0 Å². The van der Waals surface area contributed by atoms with E-state index in [1.165, 1.54) is 32.4 Å². The minimum atomic E-state index is 0.425. The molecule has 124 valence electrons. The summed E-state index contributed by atoms with van der Waals surface area (Å²) in [5.74, 6) is 3.21.